The monoisotopic (exact) mass is 375 g/mol. The summed E-state index contributed by atoms with van der Waals surface area (Å²) < 4.78 is 7.65. The van der Waals surface area contributed by atoms with Crippen molar-refractivity contribution >= 4 is 23.5 Å². The van der Waals surface area contributed by atoms with Crippen LogP contribution in [0, 0.1) is 0 Å². The first-order valence-electron chi connectivity index (χ1n) is 8.92. The van der Waals surface area contributed by atoms with Gasteiger partial charge in [0.05, 0.1) is 23.9 Å². The average Bonchev–Trinajstić information content (AvgIpc) is 3.31. The number of amides is 1. The Kier molecular flexibility index (Phi) is 4.82. The van der Waals surface area contributed by atoms with Crippen molar-refractivity contribution in [3.8, 4) is 0 Å². The van der Waals surface area contributed by atoms with E-state index in [9.17, 15) is 4.79 Å². The van der Waals surface area contributed by atoms with E-state index in [1.165, 1.54) is 12.8 Å². The lowest BCUT2D eigenvalue weighted by Gasteiger charge is -2.33. The van der Waals surface area contributed by atoms with E-state index < -0.39 is 0 Å². The summed E-state index contributed by atoms with van der Waals surface area (Å²) in [6, 6.07) is 3.57. The fourth-order valence-electron chi connectivity index (χ4n) is 3.52. The van der Waals surface area contributed by atoms with Crippen molar-refractivity contribution in [2.75, 3.05) is 37.7 Å². The number of hydrogen-bond donors (Lipinski definition) is 0. The maximum Gasteiger partial charge on any atom is 0.270 e. The van der Waals surface area contributed by atoms with E-state index in [4.69, 9.17) is 21.3 Å². The largest absolute Gasteiger partial charge is 0.368 e. The summed E-state index contributed by atoms with van der Waals surface area (Å²) in [5, 5.41) is 0.562. The van der Waals surface area contributed by atoms with Crippen LogP contribution < -0.4 is 4.90 Å². The van der Waals surface area contributed by atoms with Gasteiger partial charge < -0.3 is 19.1 Å². The highest BCUT2D eigenvalue weighted by atomic mass is 35.5. The highest BCUT2D eigenvalue weighted by molar-refractivity contribution is 6.31. The first kappa shape index (κ1) is 17.3. The zero-order valence-electron chi connectivity index (χ0n) is 14.8. The number of aryl methyl sites for hydroxylation is 1. The van der Waals surface area contributed by atoms with Crippen molar-refractivity contribution in [1.82, 2.24) is 19.4 Å². The topological polar surface area (TPSA) is 63.5 Å². The van der Waals surface area contributed by atoms with Crippen LogP contribution in [0.2, 0.25) is 5.02 Å². The fourth-order valence-corrected chi connectivity index (χ4v) is 3.77. The second-order valence-corrected chi connectivity index (χ2v) is 7.18. The van der Waals surface area contributed by atoms with Gasteiger partial charge in [-0.25, -0.2) is 9.97 Å². The van der Waals surface area contributed by atoms with Crippen LogP contribution in [0.1, 0.15) is 35.1 Å². The molecule has 2 aliphatic rings. The van der Waals surface area contributed by atoms with E-state index in [0.29, 0.717) is 30.4 Å². The summed E-state index contributed by atoms with van der Waals surface area (Å²) in [7, 11) is 1.82. The third-order valence-electron chi connectivity index (χ3n) is 4.93. The summed E-state index contributed by atoms with van der Waals surface area (Å²) in [5.74, 6) is 0.711. The highest BCUT2D eigenvalue weighted by Crippen LogP contribution is 2.25. The number of rotatable bonds is 3. The highest BCUT2D eigenvalue weighted by Gasteiger charge is 2.29. The molecule has 0 spiro atoms. The molecule has 2 aromatic rings. The van der Waals surface area contributed by atoms with Crippen LogP contribution in [0.25, 0.3) is 0 Å². The zero-order valence-corrected chi connectivity index (χ0v) is 15.5. The third-order valence-corrected chi connectivity index (χ3v) is 5.13. The third kappa shape index (κ3) is 3.41. The van der Waals surface area contributed by atoms with Crippen LogP contribution >= 0.6 is 11.6 Å². The normalized spacial score (nSPS) is 20.6. The number of ether oxygens (including phenoxy) is 1. The number of hydrogen-bond acceptors (Lipinski definition) is 5. The van der Waals surface area contributed by atoms with E-state index in [2.05, 4.69) is 9.88 Å². The van der Waals surface area contributed by atoms with Crippen molar-refractivity contribution < 1.29 is 9.53 Å². The molecule has 0 radical (unpaired) electrons. The Balaban J connectivity index is 1.51. The SMILES string of the molecule is Cn1cc(Cl)cc1C(=O)N1CCOC(c2ccnc(N3CCCC3)n2)C1. The van der Waals surface area contributed by atoms with E-state index in [-0.39, 0.29) is 12.0 Å². The van der Waals surface area contributed by atoms with Gasteiger partial charge in [-0.3, -0.25) is 4.79 Å². The lowest BCUT2D eigenvalue weighted by atomic mass is 10.2. The van der Waals surface area contributed by atoms with E-state index in [0.717, 1.165) is 24.7 Å². The minimum atomic E-state index is -0.243. The summed E-state index contributed by atoms with van der Waals surface area (Å²) in [4.78, 5) is 25.9. The standard InChI is InChI=1S/C18H22ClN5O2/c1-22-11-13(19)10-15(22)17(25)24-8-9-26-16(12-24)14-4-5-20-18(21-14)23-6-2-3-7-23/h4-5,10-11,16H,2-3,6-9,12H2,1H3. The van der Waals surface area contributed by atoms with Gasteiger partial charge in [0.25, 0.3) is 5.91 Å². The molecule has 8 heteroatoms. The molecule has 0 bridgehead atoms. The van der Waals surface area contributed by atoms with Gasteiger partial charge in [-0.2, -0.15) is 0 Å². The van der Waals surface area contributed by atoms with Gasteiger partial charge in [-0.15, -0.1) is 0 Å². The number of halogens is 1. The summed E-state index contributed by atoms with van der Waals surface area (Å²) in [6.07, 6.45) is 5.62. The van der Waals surface area contributed by atoms with Crippen molar-refractivity contribution in [1.29, 1.82) is 0 Å². The first-order chi connectivity index (χ1) is 12.6. The molecular formula is C18H22ClN5O2. The molecule has 1 unspecified atom stereocenters. The molecule has 7 nitrogen and oxygen atoms in total. The quantitative estimate of drug-likeness (QED) is 0.823. The molecule has 2 aromatic heterocycles. The molecule has 2 fully saturated rings. The molecule has 0 aliphatic carbocycles. The maximum absolute atomic E-state index is 12.8. The van der Waals surface area contributed by atoms with Gasteiger partial charge >= 0.3 is 0 Å². The molecule has 2 saturated heterocycles. The summed E-state index contributed by atoms with van der Waals surface area (Å²) in [5.41, 5.74) is 1.40. The molecule has 26 heavy (non-hydrogen) atoms. The summed E-state index contributed by atoms with van der Waals surface area (Å²) in [6.45, 7) is 3.50. The van der Waals surface area contributed by atoms with Crippen molar-refractivity contribution in [2.45, 2.75) is 18.9 Å². The number of carbonyl (C=O) groups excluding carboxylic acids is 1. The average molecular weight is 376 g/mol. The van der Waals surface area contributed by atoms with Crippen LogP contribution in [0.3, 0.4) is 0 Å². The molecule has 2 aliphatic heterocycles. The van der Waals surface area contributed by atoms with Gasteiger partial charge in [-0.1, -0.05) is 11.6 Å². The van der Waals surface area contributed by atoms with Gasteiger partial charge in [0.15, 0.2) is 0 Å². The van der Waals surface area contributed by atoms with Crippen molar-refractivity contribution in [3.05, 3.63) is 40.9 Å². The Morgan fingerprint density at radius 3 is 2.85 bits per heavy atom. The van der Waals surface area contributed by atoms with Crippen molar-refractivity contribution in [3.63, 3.8) is 0 Å². The molecule has 4 heterocycles. The number of nitrogens with zero attached hydrogens (tertiary/aromatic N) is 5. The predicted octanol–water partition coefficient (Wildman–Crippen LogP) is 2.28. The second kappa shape index (κ2) is 7.25. The Bertz CT molecular complexity index is 803. The molecule has 0 aromatic carbocycles. The number of aromatic nitrogens is 3. The molecule has 138 valence electrons. The van der Waals surface area contributed by atoms with E-state index >= 15 is 0 Å². The predicted molar refractivity (Wildman–Crippen MR) is 98.5 cm³/mol. The number of anilines is 1. The van der Waals surface area contributed by atoms with Crippen LogP contribution in [0.15, 0.2) is 24.5 Å². The van der Waals surface area contributed by atoms with E-state index in [1.54, 1.807) is 27.9 Å². The fraction of sp³-hybridized carbons (Fsp3) is 0.500. The maximum atomic E-state index is 12.8. The molecule has 0 N–H and O–H groups in total. The lowest BCUT2D eigenvalue weighted by Crippen LogP contribution is -2.43. The molecule has 1 amide bonds. The molecule has 0 saturated carbocycles. The van der Waals surface area contributed by atoms with Crippen molar-refractivity contribution in [2.24, 2.45) is 7.05 Å². The Hall–Kier alpha value is -2.12. The second-order valence-electron chi connectivity index (χ2n) is 6.74. The Morgan fingerprint density at radius 2 is 2.12 bits per heavy atom. The Labute approximate surface area is 157 Å². The van der Waals surface area contributed by atoms with Gasteiger partial charge in [0.2, 0.25) is 5.95 Å². The number of morpholine rings is 1. The van der Waals surface area contributed by atoms with Gasteiger partial charge in [0, 0.05) is 39.1 Å². The molecule has 4 rings (SSSR count). The van der Waals surface area contributed by atoms with Gasteiger partial charge in [0.1, 0.15) is 11.8 Å². The van der Waals surface area contributed by atoms with Crippen LogP contribution in [-0.4, -0.2) is 58.1 Å². The smallest absolute Gasteiger partial charge is 0.270 e. The Morgan fingerprint density at radius 1 is 1.31 bits per heavy atom. The van der Waals surface area contributed by atoms with E-state index in [1.807, 2.05) is 13.1 Å². The van der Waals surface area contributed by atoms with Crippen LogP contribution in [-0.2, 0) is 11.8 Å². The lowest BCUT2D eigenvalue weighted by molar-refractivity contribution is -0.0250. The number of carbonyl (C=O) groups is 1. The van der Waals surface area contributed by atoms with Crippen LogP contribution in [0.4, 0.5) is 5.95 Å². The minimum Gasteiger partial charge on any atom is -0.368 e. The van der Waals surface area contributed by atoms with Crippen LogP contribution in [0.5, 0.6) is 0 Å². The summed E-state index contributed by atoms with van der Waals surface area (Å²) >= 11 is 6.01. The first-order valence-corrected chi connectivity index (χ1v) is 9.30. The zero-order chi connectivity index (χ0) is 18.1. The minimum absolute atomic E-state index is 0.0403. The van der Waals surface area contributed by atoms with Gasteiger partial charge in [-0.05, 0) is 25.0 Å². The molecule has 1 atom stereocenters. The molecular weight excluding hydrogens is 354 g/mol.